The van der Waals surface area contributed by atoms with Gasteiger partial charge in [0.2, 0.25) is 0 Å². The van der Waals surface area contributed by atoms with Gasteiger partial charge in [-0.05, 0) is 56.5 Å². The highest BCUT2D eigenvalue weighted by Gasteiger charge is 2.26. The average molecular weight is 406 g/mol. The molecule has 0 saturated heterocycles. The molecule has 1 aromatic heterocycles. The van der Waals surface area contributed by atoms with Gasteiger partial charge in [0.15, 0.2) is 5.11 Å². The molecule has 0 spiro atoms. The number of ether oxygens (including phenoxy) is 1. The number of aryl methyl sites for hydroxylation is 2. The highest BCUT2D eigenvalue weighted by molar-refractivity contribution is 7.80. The number of methoxy groups -OCH3 is 1. The molecule has 1 aliphatic carbocycles. The van der Waals surface area contributed by atoms with Crippen molar-refractivity contribution in [3.63, 3.8) is 0 Å². The molecule has 3 rings (SSSR count). The maximum atomic E-state index is 12.3. The van der Waals surface area contributed by atoms with E-state index in [0.717, 1.165) is 31.2 Å². The van der Waals surface area contributed by atoms with Crippen LogP contribution in [0, 0.1) is 17.0 Å². The summed E-state index contributed by atoms with van der Waals surface area (Å²) in [5, 5.41) is 18.0. The van der Waals surface area contributed by atoms with E-state index in [1.807, 2.05) is 0 Å². The Kier molecular flexibility index (Phi) is 5.71. The zero-order chi connectivity index (χ0) is 19.6. The Morgan fingerprint density at radius 3 is 2.74 bits per heavy atom. The van der Waals surface area contributed by atoms with Gasteiger partial charge in [0, 0.05) is 22.2 Å². The molecule has 142 valence electrons. The minimum Gasteiger partial charge on any atom is -0.465 e. The van der Waals surface area contributed by atoms with Crippen LogP contribution in [-0.2, 0) is 17.6 Å². The quantitative estimate of drug-likeness (QED) is 0.336. The third kappa shape index (κ3) is 4.09. The third-order valence-electron chi connectivity index (χ3n) is 4.45. The largest absolute Gasteiger partial charge is 0.465 e. The van der Waals surface area contributed by atoms with Gasteiger partial charge >= 0.3 is 5.97 Å². The molecule has 0 atom stereocenters. The lowest BCUT2D eigenvalue weighted by Gasteiger charge is -2.12. The van der Waals surface area contributed by atoms with E-state index in [-0.39, 0.29) is 16.8 Å². The van der Waals surface area contributed by atoms with E-state index in [9.17, 15) is 14.9 Å². The number of carbonyl (C=O) groups is 1. The number of esters is 1. The lowest BCUT2D eigenvalue weighted by molar-refractivity contribution is -0.385. The Labute approximate surface area is 165 Å². The topological polar surface area (TPSA) is 93.5 Å². The average Bonchev–Trinajstić information content (AvgIpc) is 3.00. The molecule has 0 amide bonds. The van der Waals surface area contributed by atoms with Gasteiger partial charge in [-0.1, -0.05) is 6.07 Å². The van der Waals surface area contributed by atoms with Gasteiger partial charge in [-0.15, -0.1) is 11.3 Å². The van der Waals surface area contributed by atoms with Crippen LogP contribution in [0.4, 0.5) is 16.4 Å². The monoisotopic (exact) mass is 405 g/mol. The number of rotatable bonds is 4. The van der Waals surface area contributed by atoms with Gasteiger partial charge in [-0.3, -0.25) is 10.1 Å². The van der Waals surface area contributed by atoms with Crippen LogP contribution in [0.15, 0.2) is 18.2 Å². The zero-order valence-corrected chi connectivity index (χ0v) is 16.6. The molecule has 1 aliphatic rings. The molecule has 0 aliphatic heterocycles. The van der Waals surface area contributed by atoms with Crippen molar-refractivity contribution >= 4 is 51.0 Å². The number of thiocarbonyl (C=S) groups is 1. The van der Waals surface area contributed by atoms with Crippen LogP contribution in [0.3, 0.4) is 0 Å². The van der Waals surface area contributed by atoms with Crippen molar-refractivity contribution < 1.29 is 14.5 Å². The molecular weight excluding hydrogens is 386 g/mol. The molecule has 2 N–H and O–H groups in total. The van der Waals surface area contributed by atoms with E-state index in [0.29, 0.717) is 21.8 Å². The Morgan fingerprint density at radius 2 is 2.04 bits per heavy atom. The maximum Gasteiger partial charge on any atom is 0.341 e. The summed E-state index contributed by atoms with van der Waals surface area (Å²) in [6, 6.07) is 4.81. The van der Waals surface area contributed by atoms with Crippen molar-refractivity contribution in [1.82, 2.24) is 0 Å². The summed E-state index contributed by atoms with van der Waals surface area (Å²) in [7, 11) is 1.36. The number of carbonyl (C=O) groups excluding carboxylic acids is 1. The first kappa shape index (κ1) is 19.2. The summed E-state index contributed by atoms with van der Waals surface area (Å²) in [5.74, 6) is -0.384. The van der Waals surface area contributed by atoms with Crippen LogP contribution in [0.2, 0.25) is 0 Å². The molecule has 7 nitrogen and oxygen atoms in total. The number of benzene rings is 1. The summed E-state index contributed by atoms with van der Waals surface area (Å²) in [6.45, 7) is 1.68. The second-order valence-corrected chi connectivity index (χ2v) is 7.76. The van der Waals surface area contributed by atoms with Gasteiger partial charge in [-0.2, -0.15) is 0 Å². The number of hydrogen-bond acceptors (Lipinski definition) is 6. The van der Waals surface area contributed by atoms with E-state index in [1.165, 1.54) is 29.4 Å². The number of fused-ring (bicyclic) bond motifs is 1. The van der Waals surface area contributed by atoms with Gasteiger partial charge < -0.3 is 15.4 Å². The Balaban J connectivity index is 1.82. The summed E-state index contributed by atoms with van der Waals surface area (Å²) < 4.78 is 4.95. The number of nitrogens with zero attached hydrogens (tertiary/aromatic N) is 1. The summed E-state index contributed by atoms with van der Waals surface area (Å²) in [5.41, 5.74) is 2.67. The van der Waals surface area contributed by atoms with E-state index in [1.54, 1.807) is 19.1 Å². The minimum absolute atomic E-state index is 0.0182. The van der Waals surface area contributed by atoms with Crippen molar-refractivity contribution in [2.75, 3.05) is 17.7 Å². The standard InChI is InChI=1S/C18H19N3O4S2/c1-10-7-8-11(9-13(10)21(23)24)19-18(26)20-16-15(17(22)25-2)12-5-3-4-6-14(12)27-16/h7-9H,3-6H2,1-2H3,(H2,19,20,26). The normalized spacial score (nSPS) is 12.8. The highest BCUT2D eigenvalue weighted by atomic mass is 32.1. The molecule has 0 radical (unpaired) electrons. The first-order valence-electron chi connectivity index (χ1n) is 8.46. The molecular formula is C18H19N3O4S2. The van der Waals surface area contributed by atoms with E-state index in [4.69, 9.17) is 17.0 Å². The number of thiophene rings is 1. The molecule has 2 aromatic rings. The number of hydrogen-bond donors (Lipinski definition) is 2. The van der Waals surface area contributed by atoms with Crippen molar-refractivity contribution in [3.05, 3.63) is 49.9 Å². The third-order valence-corrected chi connectivity index (χ3v) is 5.86. The number of nitro groups is 1. The SMILES string of the molecule is COC(=O)c1c(NC(=S)Nc2ccc(C)c([N+](=O)[O-])c2)sc2c1CCCC2. The van der Waals surface area contributed by atoms with Crippen LogP contribution in [0.1, 0.15) is 39.2 Å². The molecule has 0 fully saturated rings. The Morgan fingerprint density at radius 1 is 1.30 bits per heavy atom. The zero-order valence-electron chi connectivity index (χ0n) is 15.0. The van der Waals surface area contributed by atoms with Gasteiger partial charge in [0.1, 0.15) is 5.00 Å². The van der Waals surface area contributed by atoms with Crippen LogP contribution in [-0.4, -0.2) is 23.1 Å². The molecule has 0 unspecified atom stereocenters. The Bertz CT molecular complexity index is 924. The van der Waals surface area contributed by atoms with E-state index in [2.05, 4.69) is 10.6 Å². The summed E-state index contributed by atoms with van der Waals surface area (Å²) in [6.07, 6.45) is 3.94. The van der Waals surface area contributed by atoms with Gasteiger partial charge in [0.05, 0.1) is 17.6 Å². The minimum atomic E-state index is -0.431. The number of anilines is 2. The van der Waals surface area contributed by atoms with Crippen molar-refractivity contribution in [2.24, 2.45) is 0 Å². The van der Waals surface area contributed by atoms with Crippen LogP contribution in [0.5, 0.6) is 0 Å². The van der Waals surface area contributed by atoms with Crippen LogP contribution in [0.25, 0.3) is 0 Å². The second kappa shape index (κ2) is 8.01. The second-order valence-electron chi connectivity index (χ2n) is 6.24. The predicted molar refractivity (Wildman–Crippen MR) is 110 cm³/mol. The lowest BCUT2D eigenvalue weighted by Crippen LogP contribution is -2.20. The number of nitro benzene ring substituents is 1. The van der Waals surface area contributed by atoms with Crippen molar-refractivity contribution in [3.8, 4) is 0 Å². The van der Waals surface area contributed by atoms with Gasteiger partial charge in [-0.25, -0.2) is 4.79 Å². The van der Waals surface area contributed by atoms with Crippen LogP contribution < -0.4 is 10.6 Å². The molecule has 9 heteroatoms. The molecule has 1 heterocycles. The first-order valence-corrected chi connectivity index (χ1v) is 9.69. The summed E-state index contributed by atoms with van der Waals surface area (Å²) >= 11 is 6.85. The van der Waals surface area contributed by atoms with Crippen molar-refractivity contribution in [2.45, 2.75) is 32.6 Å². The fraction of sp³-hybridized carbons (Fsp3) is 0.333. The smallest absolute Gasteiger partial charge is 0.341 e. The highest BCUT2D eigenvalue weighted by Crippen LogP contribution is 2.38. The van der Waals surface area contributed by atoms with Crippen LogP contribution >= 0.6 is 23.6 Å². The predicted octanol–water partition coefficient (Wildman–Crippen LogP) is 4.44. The van der Waals surface area contributed by atoms with E-state index < -0.39 is 4.92 Å². The molecule has 0 bridgehead atoms. The number of nitrogens with one attached hydrogen (secondary N) is 2. The fourth-order valence-corrected chi connectivity index (χ4v) is 4.69. The van der Waals surface area contributed by atoms with Gasteiger partial charge in [0.25, 0.3) is 5.69 Å². The molecule has 27 heavy (non-hydrogen) atoms. The molecule has 1 aromatic carbocycles. The fourth-order valence-electron chi connectivity index (χ4n) is 3.12. The Hall–Kier alpha value is -2.52. The summed E-state index contributed by atoms with van der Waals surface area (Å²) in [4.78, 5) is 24.1. The maximum absolute atomic E-state index is 12.3. The lowest BCUT2D eigenvalue weighted by atomic mass is 9.95. The van der Waals surface area contributed by atoms with Crippen molar-refractivity contribution in [1.29, 1.82) is 0 Å². The molecule has 0 saturated carbocycles. The van der Waals surface area contributed by atoms with E-state index >= 15 is 0 Å². The first-order chi connectivity index (χ1) is 12.9.